The Bertz CT molecular complexity index is 660. The van der Waals surface area contributed by atoms with Crippen LogP contribution in [-0.2, 0) is 17.9 Å². The molecule has 0 fully saturated rings. The molecule has 22 heavy (non-hydrogen) atoms. The average Bonchev–Trinajstić information content (AvgIpc) is 2.77. The summed E-state index contributed by atoms with van der Waals surface area (Å²) in [6, 6.07) is 15.4. The van der Waals surface area contributed by atoms with E-state index in [-0.39, 0.29) is 12.7 Å². The molecule has 2 aromatic carbocycles. The maximum atomic E-state index is 12.3. The Morgan fingerprint density at radius 3 is 2.82 bits per heavy atom. The topological polar surface area (TPSA) is 38.8 Å². The fraction of sp³-hybridized carbons (Fsp3) is 0.235. The van der Waals surface area contributed by atoms with Gasteiger partial charge >= 0.3 is 6.09 Å². The van der Waals surface area contributed by atoms with Gasteiger partial charge in [0.2, 0.25) is 0 Å². The molecule has 1 aliphatic rings. The summed E-state index contributed by atoms with van der Waals surface area (Å²) in [6.45, 7) is 1.73. The fourth-order valence-electron chi connectivity index (χ4n) is 2.33. The minimum Gasteiger partial charge on any atom is -0.491 e. The summed E-state index contributed by atoms with van der Waals surface area (Å²) < 4.78 is 12.0. The van der Waals surface area contributed by atoms with E-state index in [2.05, 4.69) is 15.9 Å². The number of nitrogens with zero attached hydrogens (tertiary/aromatic N) is 1. The van der Waals surface area contributed by atoms with Crippen molar-refractivity contribution in [2.75, 3.05) is 13.2 Å². The molecule has 2 aromatic rings. The van der Waals surface area contributed by atoms with E-state index < -0.39 is 0 Å². The van der Waals surface area contributed by atoms with E-state index in [0.717, 1.165) is 21.3 Å². The lowest BCUT2D eigenvalue weighted by Crippen LogP contribution is -2.33. The van der Waals surface area contributed by atoms with Crippen molar-refractivity contribution in [3.63, 3.8) is 0 Å². The Balaban J connectivity index is 1.67. The van der Waals surface area contributed by atoms with E-state index in [0.29, 0.717) is 19.7 Å². The molecule has 1 heterocycles. The zero-order chi connectivity index (χ0) is 15.4. The van der Waals surface area contributed by atoms with Crippen LogP contribution in [0.1, 0.15) is 11.1 Å². The van der Waals surface area contributed by atoms with Crippen molar-refractivity contribution >= 4 is 22.0 Å². The number of amides is 1. The third kappa shape index (κ3) is 3.42. The van der Waals surface area contributed by atoms with Crippen molar-refractivity contribution in [1.29, 1.82) is 0 Å². The van der Waals surface area contributed by atoms with E-state index in [9.17, 15) is 4.79 Å². The van der Waals surface area contributed by atoms with Crippen LogP contribution in [0.2, 0.25) is 0 Å². The molecule has 0 aliphatic carbocycles. The Hall–Kier alpha value is -2.01. The predicted molar refractivity (Wildman–Crippen MR) is 86.7 cm³/mol. The molecule has 0 unspecified atom stereocenters. The summed E-state index contributed by atoms with van der Waals surface area (Å²) in [6.07, 6.45) is -0.323. The maximum absolute atomic E-state index is 12.3. The highest BCUT2D eigenvalue weighted by Crippen LogP contribution is 2.30. The number of rotatable bonds is 2. The molecule has 5 heteroatoms. The summed E-state index contributed by atoms with van der Waals surface area (Å²) in [4.78, 5) is 13.9. The van der Waals surface area contributed by atoms with Crippen LogP contribution in [0.5, 0.6) is 5.75 Å². The number of benzene rings is 2. The number of fused-ring (bicyclic) bond motifs is 1. The number of ether oxygens (including phenoxy) is 2. The molecule has 1 aliphatic heterocycles. The maximum Gasteiger partial charge on any atom is 0.410 e. The van der Waals surface area contributed by atoms with Crippen LogP contribution < -0.4 is 4.74 Å². The van der Waals surface area contributed by atoms with Gasteiger partial charge in [-0.2, -0.15) is 0 Å². The first-order valence-corrected chi connectivity index (χ1v) is 7.89. The van der Waals surface area contributed by atoms with Gasteiger partial charge in [-0.15, -0.1) is 0 Å². The second-order valence-electron chi connectivity index (χ2n) is 5.03. The Morgan fingerprint density at radius 1 is 1.18 bits per heavy atom. The van der Waals surface area contributed by atoms with Gasteiger partial charge < -0.3 is 14.4 Å². The predicted octanol–water partition coefficient (Wildman–Crippen LogP) is 3.98. The summed E-state index contributed by atoms with van der Waals surface area (Å²) in [7, 11) is 0. The quantitative estimate of drug-likeness (QED) is 0.811. The van der Waals surface area contributed by atoms with Crippen LogP contribution >= 0.6 is 15.9 Å². The standard InChI is InChI=1S/C17H16BrNO3/c18-15-7-4-8-16-14(15)11-19(9-10-21-16)17(20)22-12-13-5-2-1-3-6-13/h1-8H,9-12H2. The van der Waals surface area contributed by atoms with E-state index in [1.54, 1.807) is 4.90 Å². The van der Waals surface area contributed by atoms with E-state index in [4.69, 9.17) is 9.47 Å². The largest absolute Gasteiger partial charge is 0.491 e. The van der Waals surface area contributed by atoms with Crippen LogP contribution in [0.25, 0.3) is 0 Å². The Morgan fingerprint density at radius 2 is 2.00 bits per heavy atom. The molecule has 0 aromatic heterocycles. The van der Waals surface area contributed by atoms with Gasteiger partial charge in [0, 0.05) is 10.0 Å². The van der Waals surface area contributed by atoms with Gasteiger partial charge in [-0.1, -0.05) is 52.3 Å². The molecule has 0 N–H and O–H groups in total. The third-order valence-electron chi connectivity index (χ3n) is 3.51. The molecule has 0 saturated carbocycles. The van der Waals surface area contributed by atoms with Crippen molar-refractivity contribution < 1.29 is 14.3 Å². The number of hydrogen-bond acceptors (Lipinski definition) is 3. The average molecular weight is 362 g/mol. The number of halogens is 1. The van der Waals surface area contributed by atoms with Crippen molar-refractivity contribution in [2.45, 2.75) is 13.2 Å². The Kier molecular flexibility index (Phi) is 4.63. The van der Waals surface area contributed by atoms with Crippen LogP contribution in [-0.4, -0.2) is 24.1 Å². The zero-order valence-electron chi connectivity index (χ0n) is 12.0. The van der Waals surface area contributed by atoms with Crippen molar-refractivity contribution in [2.24, 2.45) is 0 Å². The molecule has 0 radical (unpaired) electrons. The van der Waals surface area contributed by atoms with Gasteiger partial charge in [-0.3, -0.25) is 0 Å². The summed E-state index contributed by atoms with van der Waals surface area (Å²) in [5.74, 6) is 0.813. The van der Waals surface area contributed by atoms with E-state index >= 15 is 0 Å². The highest BCUT2D eigenvalue weighted by atomic mass is 79.9. The zero-order valence-corrected chi connectivity index (χ0v) is 13.6. The minimum atomic E-state index is -0.323. The monoisotopic (exact) mass is 361 g/mol. The van der Waals surface area contributed by atoms with Crippen molar-refractivity contribution in [3.05, 3.63) is 64.1 Å². The first-order chi connectivity index (χ1) is 10.7. The smallest absolute Gasteiger partial charge is 0.410 e. The fourth-order valence-corrected chi connectivity index (χ4v) is 2.80. The third-order valence-corrected chi connectivity index (χ3v) is 4.25. The second-order valence-corrected chi connectivity index (χ2v) is 5.88. The highest BCUT2D eigenvalue weighted by Gasteiger charge is 2.22. The van der Waals surface area contributed by atoms with Gasteiger partial charge in [-0.25, -0.2) is 4.79 Å². The Labute approximate surface area is 137 Å². The summed E-state index contributed by atoms with van der Waals surface area (Å²) in [5.41, 5.74) is 1.94. The summed E-state index contributed by atoms with van der Waals surface area (Å²) >= 11 is 3.51. The first kappa shape index (κ1) is 14.9. The molecule has 1 amide bonds. The first-order valence-electron chi connectivity index (χ1n) is 7.10. The number of hydrogen-bond donors (Lipinski definition) is 0. The lowest BCUT2D eigenvalue weighted by molar-refractivity contribution is 0.0913. The van der Waals surface area contributed by atoms with Gasteiger partial charge in [0.25, 0.3) is 0 Å². The van der Waals surface area contributed by atoms with E-state index in [1.165, 1.54) is 0 Å². The van der Waals surface area contributed by atoms with Gasteiger partial charge in [0.1, 0.15) is 19.0 Å². The van der Waals surface area contributed by atoms with E-state index in [1.807, 2.05) is 48.5 Å². The molecular weight excluding hydrogens is 346 g/mol. The molecular formula is C17H16BrNO3. The molecule has 114 valence electrons. The van der Waals surface area contributed by atoms with Gasteiger partial charge in [-0.05, 0) is 17.7 Å². The molecule has 0 saturated heterocycles. The molecule has 0 spiro atoms. The second kappa shape index (κ2) is 6.83. The van der Waals surface area contributed by atoms with Crippen LogP contribution in [0.3, 0.4) is 0 Å². The highest BCUT2D eigenvalue weighted by molar-refractivity contribution is 9.10. The SMILES string of the molecule is O=C(OCc1ccccc1)N1CCOc2cccc(Br)c2C1. The number of carbonyl (C=O) groups is 1. The molecule has 4 nitrogen and oxygen atoms in total. The van der Waals surface area contributed by atoms with Crippen LogP contribution in [0.15, 0.2) is 53.0 Å². The van der Waals surface area contributed by atoms with Gasteiger partial charge in [0.05, 0.1) is 13.1 Å². The van der Waals surface area contributed by atoms with Crippen molar-refractivity contribution in [3.8, 4) is 5.75 Å². The molecule has 0 atom stereocenters. The lowest BCUT2D eigenvalue weighted by Gasteiger charge is -2.19. The molecule has 3 rings (SSSR count). The van der Waals surface area contributed by atoms with Gasteiger partial charge in [0.15, 0.2) is 0 Å². The van der Waals surface area contributed by atoms with Crippen molar-refractivity contribution in [1.82, 2.24) is 4.90 Å². The number of carbonyl (C=O) groups excluding carboxylic acids is 1. The minimum absolute atomic E-state index is 0.278. The normalized spacial score (nSPS) is 13.8. The summed E-state index contributed by atoms with van der Waals surface area (Å²) in [5, 5.41) is 0. The van der Waals surface area contributed by atoms with Crippen LogP contribution in [0, 0.1) is 0 Å². The molecule has 0 bridgehead atoms. The van der Waals surface area contributed by atoms with Crippen LogP contribution in [0.4, 0.5) is 4.79 Å². The lowest BCUT2D eigenvalue weighted by atomic mass is 10.2.